The number of hydrogen-bond acceptors (Lipinski definition) is 7. The highest BCUT2D eigenvalue weighted by molar-refractivity contribution is 7.09. The number of rotatable bonds is 8. The fourth-order valence-corrected chi connectivity index (χ4v) is 5.04. The molecule has 2 fully saturated rings. The first kappa shape index (κ1) is 23.9. The summed E-state index contributed by atoms with van der Waals surface area (Å²) in [6.45, 7) is 8.09. The first-order valence-electron chi connectivity index (χ1n) is 12.1. The number of aromatic nitrogens is 1. The van der Waals surface area contributed by atoms with Crippen LogP contribution in [0.4, 0.5) is 10.6 Å². The Morgan fingerprint density at radius 3 is 2.86 bits per heavy atom. The van der Waals surface area contributed by atoms with Crippen LogP contribution in [0, 0.1) is 0 Å². The highest BCUT2D eigenvalue weighted by Gasteiger charge is 2.30. The highest BCUT2D eigenvalue weighted by Crippen LogP contribution is 2.23. The summed E-state index contributed by atoms with van der Waals surface area (Å²) in [7, 11) is 2.14. The molecule has 3 aliphatic heterocycles. The van der Waals surface area contributed by atoms with Crippen molar-refractivity contribution in [3.05, 3.63) is 51.9 Å². The van der Waals surface area contributed by atoms with Crippen LogP contribution < -0.4 is 5.32 Å². The van der Waals surface area contributed by atoms with Crippen molar-refractivity contribution in [3.63, 3.8) is 0 Å². The van der Waals surface area contributed by atoms with Gasteiger partial charge in [-0.15, -0.1) is 11.3 Å². The van der Waals surface area contributed by atoms with Gasteiger partial charge in [-0.2, -0.15) is 0 Å². The molecular formula is C25H32N6O3S. The summed E-state index contributed by atoms with van der Waals surface area (Å²) in [5, 5.41) is 4.93. The molecule has 0 aromatic carbocycles. The van der Waals surface area contributed by atoms with E-state index in [-0.39, 0.29) is 18.0 Å². The van der Waals surface area contributed by atoms with E-state index in [2.05, 4.69) is 33.2 Å². The minimum absolute atomic E-state index is 0.0270. The van der Waals surface area contributed by atoms with Gasteiger partial charge in [0.2, 0.25) is 5.91 Å². The molecule has 35 heavy (non-hydrogen) atoms. The zero-order chi connectivity index (χ0) is 24.2. The van der Waals surface area contributed by atoms with E-state index in [0.29, 0.717) is 38.6 Å². The van der Waals surface area contributed by atoms with Gasteiger partial charge in [-0.3, -0.25) is 15.0 Å². The van der Waals surface area contributed by atoms with Gasteiger partial charge in [-0.1, -0.05) is 6.07 Å². The number of ether oxygens (including phenoxy) is 1. The lowest BCUT2D eigenvalue weighted by molar-refractivity contribution is -0.140. The molecule has 0 bridgehead atoms. The molecule has 186 valence electrons. The van der Waals surface area contributed by atoms with Gasteiger partial charge in [0.05, 0.1) is 19.3 Å². The first-order valence-corrected chi connectivity index (χ1v) is 13.0. The number of amides is 3. The monoisotopic (exact) mass is 496 g/mol. The normalized spacial score (nSPS) is 19.6. The molecule has 0 spiro atoms. The molecule has 2 aromatic heterocycles. The number of anilines is 1. The van der Waals surface area contributed by atoms with Gasteiger partial charge in [0.25, 0.3) is 0 Å². The number of nitrogens with one attached hydrogen (secondary N) is 1. The number of likely N-dealkylation sites (N-methyl/N-ethyl adjacent to an activating group) is 1. The number of carbonyl (C=O) groups is 2. The van der Waals surface area contributed by atoms with E-state index in [0.717, 1.165) is 43.9 Å². The van der Waals surface area contributed by atoms with E-state index >= 15 is 0 Å². The maximum Gasteiger partial charge on any atom is 0.323 e. The highest BCUT2D eigenvalue weighted by atomic mass is 32.1. The fourth-order valence-electron chi connectivity index (χ4n) is 4.42. The number of carbonyl (C=O) groups excluding carboxylic acids is 2. The molecule has 2 saturated heterocycles. The molecule has 0 unspecified atom stereocenters. The lowest BCUT2D eigenvalue weighted by Gasteiger charge is -2.38. The summed E-state index contributed by atoms with van der Waals surface area (Å²) in [6, 6.07) is 5.96. The van der Waals surface area contributed by atoms with Gasteiger partial charge < -0.3 is 19.4 Å². The Hall–Kier alpha value is -2.79. The van der Waals surface area contributed by atoms with E-state index < -0.39 is 0 Å². The van der Waals surface area contributed by atoms with Gasteiger partial charge in [0, 0.05) is 75.1 Å². The molecule has 9 nitrogen and oxygen atoms in total. The van der Waals surface area contributed by atoms with E-state index in [1.165, 1.54) is 4.88 Å². The van der Waals surface area contributed by atoms with Crippen LogP contribution in [-0.2, 0) is 22.7 Å². The third-order valence-electron chi connectivity index (χ3n) is 6.76. The maximum absolute atomic E-state index is 12.5. The predicted octanol–water partition coefficient (Wildman–Crippen LogP) is 2.18. The van der Waals surface area contributed by atoms with Crippen LogP contribution in [-0.4, -0.2) is 102 Å². The first-order chi connectivity index (χ1) is 17.0. The van der Waals surface area contributed by atoms with Crippen molar-refractivity contribution < 1.29 is 14.3 Å². The molecular weight excluding hydrogens is 464 g/mol. The second-order valence-corrected chi connectivity index (χ2v) is 10.4. The van der Waals surface area contributed by atoms with Crippen LogP contribution in [0.25, 0.3) is 6.08 Å². The van der Waals surface area contributed by atoms with Crippen LogP contribution in [0.5, 0.6) is 0 Å². The van der Waals surface area contributed by atoms with E-state index in [1.54, 1.807) is 34.6 Å². The van der Waals surface area contributed by atoms with E-state index in [9.17, 15) is 9.59 Å². The van der Waals surface area contributed by atoms with Gasteiger partial charge in [0.1, 0.15) is 5.82 Å². The largest absolute Gasteiger partial charge is 0.369 e. The zero-order valence-corrected chi connectivity index (χ0v) is 20.9. The molecule has 0 saturated carbocycles. The molecule has 1 N–H and O–H groups in total. The quantitative estimate of drug-likeness (QED) is 0.565. The second-order valence-electron chi connectivity index (χ2n) is 9.36. The lowest BCUT2D eigenvalue weighted by Crippen LogP contribution is -2.54. The predicted molar refractivity (Wildman–Crippen MR) is 136 cm³/mol. The van der Waals surface area contributed by atoms with Crippen molar-refractivity contribution in [1.82, 2.24) is 24.6 Å². The SMILES string of the molecule is CN1CCN(CCN2Cc3cc(C=CC(=O)N4CC(OCc5cccs5)C4)cnc3NC2=O)CC1. The van der Waals surface area contributed by atoms with Crippen LogP contribution in [0.2, 0.25) is 0 Å². The molecule has 3 aliphatic rings. The molecule has 10 heteroatoms. The molecule has 0 radical (unpaired) electrons. The summed E-state index contributed by atoms with van der Waals surface area (Å²) < 4.78 is 5.85. The molecule has 3 amide bonds. The van der Waals surface area contributed by atoms with Gasteiger partial charge in [0.15, 0.2) is 0 Å². The number of thiophene rings is 1. The molecule has 0 aliphatic carbocycles. The Kier molecular flexibility index (Phi) is 7.43. The van der Waals surface area contributed by atoms with Crippen molar-refractivity contribution in [2.24, 2.45) is 0 Å². The van der Waals surface area contributed by atoms with E-state index in [1.807, 2.05) is 22.4 Å². The molecule has 5 rings (SSSR count). The Balaban J connectivity index is 1.10. The Bertz CT molecular complexity index is 1060. The maximum atomic E-state index is 12.5. The standard InChI is InChI=1S/C25H32N6O3S/c1-28-6-8-29(9-7-28)10-11-30-15-20-13-19(14-26-24(20)27-25(30)33)4-5-23(32)31-16-21(17-31)34-18-22-3-2-12-35-22/h2-5,12-14,21H,6-11,15-18H2,1H3,(H,26,27,33). The molecule has 5 heterocycles. The summed E-state index contributed by atoms with van der Waals surface area (Å²) >= 11 is 1.68. The minimum atomic E-state index is -0.105. The van der Waals surface area contributed by atoms with Crippen molar-refractivity contribution in [3.8, 4) is 0 Å². The number of pyridine rings is 1. The van der Waals surface area contributed by atoms with Gasteiger partial charge in [-0.25, -0.2) is 9.78 Å². The zero-order valence-electron chi connectivity index (χ0n) is 20.1. The number of hydrogen-bond donors (Lipinski definition) is 1. The average Bonchev–Trinajstić information content (AvgIpc) is 3.35. The smallest absolute Gasteiger partial charge is 0.323 e. The van der Waals surface area contributed by atoms with Crippen molar-refractivity contribution >= 4 is 35.2 Å². The third-order valence-corrected chi connectivity index (χ3v) is 7.61. The third kappa shape index (κ3) is 6.07. The Morgan fingerprint density at radius 2 is 2.09 bits per heavy atom. The van der Waals surface area contributed by atoms with Gasteiger partial charge in [-0.05, 0) is 36.2 Å². The number of piperazine rings is 1. The number of likely N-dealkylation sites (tertiary alicyclic amines) is 1. The molecule has 2 aromatic rings. The van der Waals surface area contributed by atoms with E-state index in [4.69, 9.17) is 4.74 Å². The Morgan fingerprint density at radius 1 is 1.26 bits per heavy atom. The second kappa shape index (κ2) is 10.9. The lowest BCUT2D eigenvalue weighted by atomic mass is 10.1. The fraction of sp³-hybridized carbons (Fsp3) is 0.480. The van der Waals surface area contributed by atoms with Gasteiger partial charge >= 0.3 is 6.03 Å². The minimum Gasteiger partial charge on any atom is -0.369 e. The summed E-state index contributed by atoms with van der Waals surface area (Å²) in [6.07, 6.45) is 5.16. The Labute approximate surface area is 210 Å². The number of urea groups is 1. The van der Waals surface area contributed by atoms with Crippen molar-refractivity contribution in [2.45, 2.75) is 19.3 Å². The van der Waals surface area contributed by atoms with Crippen LogP contribution >= 0.6 is 11.3 Å². The van der Waals surface area contributed by atoms with Crippen molar-refractivity contribution in [1.29, 1.82) is 0 Å². The summed E-state index contributed by atoms with van der Waals surface area (Å²) in [5.74, 6) is 0.573. The average molecular weight is 497 g/mol. The topological polar surface area (TPSA) is 81.2 Å². The van der Waals surface area contributed by atoms with Crippen LogP contribution in [0.1, 0.15) is 16.0 Å². The van der Waals surface area contributed by atoms with Crippen LogP contribution in [0.3, 0.4) is 0 Å². The summed E-state index contributed by atoms with van der Waals surface area (Å²) in [5.41, 5.74) is 1.81. The molecule has 0 atom stereocenters. The summed E-state index contributed by atoms with van der Waals surface area (Å²) in [4.78, 5) is 39.0. The number of nitrogens with zero attached hydrogens (tertiary/aromatic N) is 5. The van der Waals surface area contributed by atoms with Crippen molar-refractivity contribution in [2.75, 3.05) is 64.7 Å². The number of fused-ring (bicyclic) bond motifs is 1. The van der Waals surface area contributed by atoms with Crippen LogP contribution in [0.15, 0.2) is 35.9 Å².